The molecule has 2 saturated heterocycles. The Balaban J connectivity index is 1.12. The zero-order valence-corrected chi connectivity index (χ0v) is 32.6. The SMILES string of the molecule is CCOC(=O)N1CCC(C)C(n2ccc(=O)c3c2=C2CC=NC2N(CC2CCN(C(=O)c4ccccc4C(F)(F)F)CC2n2ccc(=O)c4c[nH+]c5[nH]ccc5c42)C=3)C1. The van der Waals surface area contributed by atoms with Crippen molar-refractivity contribution in [2.24, 2.45) is 16.8 Å². The Kier molecular flexibility index (Phi) is 9.67. The predicted octanol–water partition coefficient (Wildman–Crippen LogP) is 3.93. The van der Waals surface area contributed by atoms with Crippen molar-refractivity contribution in [1.82, 2.24) is 28.8 Å². The van der Waals surface area contributed by atoms with Gasteiger partial charge in [-0.15, -0.1) is 0 Å². The van der Waals surface area contributed by atoms with Gasteiger partial charge in [-0.1, -0.05) is 19.1 Å². The van der Waals surface area contributed by atoms with E-state index >= 15 is 0 Å². The molecule has 13 nitrogen and oxygen atoms in total. The number of H-pyrrole nitrogens is 2. The monoisotopic (exact) mass is 809 g/mol. The molecule has 5 aromatic rings. The summed E-state index contributed by atoms with van der Waals surface area (Å²) in [5, 5.41) is 2.50. The minimum atomic E-state index is -4.72. The normalized spacial score (nSPS) is 23.0. The Morgan fingerprint density at radius 3 is 2.53 bits per heavy atom. The van der Waals surface area contributed by atoms with Crippen molar-refractivity contribution in [1.29, 1.82) is 0 Å². The summed E-state index contributed by atoms with van der Waals surface area (Å²) in [6, 6.07) is 9.13. The predicted molar refractivity (Wildman–Crippen MR) is 214 cm³/mol. The lowest BCUT2D eigenvalue weighted by Crippen LogP contribution is -2.57. The lowest BCUT2D eigenvalue weighted by atomic mass is 9.88. The molecule has 1 aromatic carbocycles. The van der Waals surface area contributed by atoms with Gasteiger partial charge in [0.25, 0.3) is 11.6 Å². The number of aromatic nitrogens is 4. The second kappa shape index (κ2) is 14.9. The molecule has 0 spiro atoms. The topological polar surface area (TPSA) is 139 Å². The number of amides is 2. The molecular formula is C43H44F3N8O5+. The summed E-state index contributed by atoms with van der Waals surface area (Å²) in [7, 11) is 0. The van der Waals surface area contributed by atoms with Gasteiger partial charge in [0.15, 0.2) is 10.9 Å². The Labute approximate surface area is 335 Å². The van der Waals surface area contributed by atoms with E-state index in [4.69, 9.17) is 9.73 Å². The number of aromatic amines is 2. The first-order chi connectivity index (χ1) is 28.4. The number of hydrogen-bond acceptors (Lipinski definition) is 7. The Morgan fingerprint density at radius 1 is 0.949 bits per heavy atom. The summed E-state index contributed by atoms with van der Waals surface area (Å²) in [5.74, 6) is -0.724. The molecule has 0 radical (unpaired) electrons. The van der Waals surface area contributed by atoms with Crippen LogP contribution < -0.4 is 26.4 Å². The third-order valence-corrected chi connectivity index (χ3v) is 12.6. The molecule has 2 amide bonds. The highest BCUT2D eigenvalue weighted by atomic mass is 19.4. The third-order valence-electron chi connectivity index (χ3n) is 12.6. The molecule has 4 aliphatic rings. The average Bonchev–Trinajstić information content (AvgIpc) is 3.93. The summed E-state index contributed by atoms with van der Waals surface area (Å²) in [4.78, 5) is 70.5. The van der Waals surface area contributed by atoms with Crippen LogP contribution in [0.4, 0.5) is 18.0 Å². The van der Waals surface area contributed by atoms with Crippen LogP contribution in [0.2, 0.25) is 0 Å². The van der Waals surface area contributed by atoms with Crippen molar-refractivity contribution >= 4 is 51.9 Å². The van der Waals surface area contributed by atoms with Crippen molar-refractivity contribution < 1.29 is 32.5 Å². The number of aliphatic imine (C=N–C) groups is 1. The van der Waals surface area contributed by atoms with Crippen LogP contribution in [0.5, 0.6) is 0 Å². The second-order valence-electron chi connectivity index (χ2n) is 15.9. The number of piperidine rings is 2. The summed E-state index contributed by atoms with van der Waals surface area (Å²) < 4.78 is 51.9. The number of fused-ring (bicyclic) bond motifs is 5. The average molecular weight is 810 g/mol. The summed E-state index contributed by atoms with van der Waals surface area (Å²) in [6.07, 6.45) is 6.86. The molecule has 4 aromatic heterocycles. The zero-order chi connectivity index (χ0) is 41.2. The highest BCUT2D eigenvalue weighted by Gasteiger charge is 2.41. The van der Waals surface area contributed by atoms with Crippen molar-refractivity contribution in [3.8, 4) is 0 Å². The molecule has 2 N–H and O–H groups in total. The fraction of sp³-hybridized carbons (Fsp3) is 0.395. The Hall–Kier alpha value is -6.19. The van der Waals surface area contributed by atoms with E-state index < -0.39 is 35.4 Å². The number of pyridine rings is 3. The number of rotatable bonds is 6. The van der Waals surface area contributed by atoms with Crippen molar-refractivity contribution in [3.05, 3.63) is 109 Å². The van der Waals surface area contributed by atoms with Gasteiger partial charge in [0.1, 0.15) is 12.4 Å². The van der Waals surface area contributed by atoms with Gasteiger partial charge in [0, 0.05) is 87.6 Å². The maximum Gasteiger partial charge on any atom is 0.417 e. The van der Waals surface area contributed by atoms with Gasteiger partial charge in [-0.2, -0.15) is 13.2 Å². The van der Waals surface area contributed by atoms with E-state index in [1.165, 1.54) is 29.2 Å². The van der Waals surface area contributed by atoms with E-state index in [9.17, 15) is 32.3 Å². The molecule has 8 heterocycles. The number of likely N-dealkylation sites (tertiary alicyclic amines) is 2. The van der Waals surface area contributed by atoms with E-state index in [0.717, 1.165) is 28.8 Å². The summed E-state index contributed by atoms with van der Waals surface area (Å²) >= 11 is 0. The van der Waals surface area contributed by atoms with Crippen molar-refractivity contribution in [2.75, 3.05) is 39.3 Å². The molecule has 2 fully saturated rings. The van der Waals surface area contributed by atoms with Gasteiger partial charge in [-0.3, -0.25) is 19.4 Å². The van der Waals surface area contributed by atoms with Gasteiger partial charge in [-0.05, 0) is 43.9 Å². The number of nitrogens with one attached hydrogen (secondary N) is 2. The Morgan fingerprint density at radius 2 is 1.71 bits per heavy atom. The van der Waals surface area contributed by atoms with Gasteiger partial charge >= 0.3 is 12.3 Å². The minimum Gasteiger partial charge on any atom is -0.450 e. The molecule has 0 bridgehead atoms. The standard InChI is InChI=1S/C43H43F3N8O5/c1-3-59-42(58)51-16-10-25(2)33(23-51)53-18-13-36(56)31-22-52(40-29(38(31)53)9-15-48-40)21-26-11-17-50(41(57)27-6-4-5-7-32(27)43(44,45)46)24-34(26)54-19-12-35(55)30-20-49-39-28(37(30)54)8-14-47-39/h4-8,12-15,18-20,22,25-26,33-34,40H,3,9-11,16-17,21,23-24H2,1-2H3,(H,47,49)/p+1. The first kappa shape index (κ1) is 38.3. The van der Waals surface area contributed by atoms with Gasteiger partial charge < -0.3 is 28.6 Å². The van der Waals surface area contributed by atoms with E-state index in [1.54, 1.807) is 36.5 Å². The van der Waals surface area contributed by atoms with Crippen LogP contribution in [0.3, 0.4) is 0 Å². The molecule has 0 saturated carbocycles. The molecule has 0 aliphatic carbocycles. The number of carbonyl (C=O) groups excluding carboxylic acids is 2. The number of ether oxygens (including phenoxy) is 1. The van der Waals surface area contributed by atoms with Crippen LogP contribution in [-0.4, -0.2) is 92.5 Å². The van der Waals surface area contributed by atoms with Crippen LogP contribution in [0.1, 0.15) is 61.1 Å². The fourth-order valence-corrected chi connectivity index (χ4v) is 9.59. The maximum absolute atomic E-state index is 14.2. The zero-order valence-electron chi connectivity index (χ0n) is 32.6. The molecule has 5 unspecified atom stereocenters. The first-order valence-electron chi connectivity index (χ1n) is 20.1. The lowest BCUT2D eigenvalue weighted by Gasteiger charge is -2.43. The van der Waals surface area contributed by atoms with E-state index in [0.29, 0.717) is 54.2 Å². The third kappa shape index (κ3) is 6.67. The van der Waals surface area contributed by atoms with Crippen LogP contribution in [0.15, 0.2) is 81.8 Å². The fourth-order valence-electron chi connectivity index (χ4n) is 9.59. The highest BCUT2D eigenvalue weighted by Crippen LogP contribution is 2.37. The smallest absolute Gasteiger partial charge is 0.417 e. The minimum absolute atomic E-state index is 0.0659. The molecule has 16 heteroatoms. The van der Waals surface area contributed by atoms with E-state index in [2.05, 4.69) is 26.4 Å². The maximum atomic E-state index is 14.2. The number of alkyl halides is 3. The van der Waals surface area contributed by atoms with E-state index in [1.807, 2.05) is 29.2 Å². The van der Waals surface area contributed by atoms with Gasteiger partial charge in [-0.25, -0.2) is 14.8 Å². The number of hydrogen-bond donors (Lipinski definition) is 1. The number of nitrogens with zero attached hydrogens (tertiary/aromatic N) is 6. The molecule has 306 valence electrons. The van der Waals surface area contributed by atoms with Crippen LogP contribution in [-0.2, 0) is 10.9 Å². The highest BCUT2D eigenvalue weighted by molar-refractivity contribution is 6.00. The molecule has 59 heavy (non-hydrogen) atoms. The number of benzene rings is 1. The number of halogens is 3. The molecule has 5 atom stereocenters. The van der Waals surface area contributed by atoms with Crippen molar-refractivity contribution in [2.45, 2.75) is 57.5 Å². The largest absolute Gasteiger partial charge is 0.450 e. The van der Waals surface area contributed by atoms with E-state index in [-0.39, 0.29) is 54.5 Å². The molecule has 9 rings (SSSR count). The molecule has 4 aliphatic heterocycles. The lowest BCUT2D eigenvalue weighted by molar-refractivity contribution is -0.345. The quantitative estimate of drug-likeness (QED) is 0.276. The number of carbonyl (C=O) groups is 2. The Bertz CT molecular complexity index is 2780. The van der Waals surface area contributed by atoms with Gasteiger partial charge in [0.2, 0.25) is 0 Å². The van der Waals surface area contributed by atoms with Crippen LogP contribution in [0.25, 0.3) is 33.7 Å². The van der Waals surface area contributed by atoms with Crippen LogP contribution in [0, 0.1) is 11.8 Å². The second-order valence-corrected chi connectivity index (χ2v) is 15.9. The van der Waals surface area contributed by atoms with Crippen LogP contribution >= 0.6 is 0 Å². The summed E-state index contributed by atoms with van der Waals surface area (Å²) in [6.45, 7) is 5.88. The first-order valence-corrected chi connectivity index (χ1v) is 20.1. The molecular weight excluding hydrogens is 766 g/mol. The van der Waals surface area contributed by atoms with Crippen molar-refractivity contribution in [3.63, 3.8) is 0 Å². The summed E-state index contributed by atoms with van der Waals surface area (Å²) in [5.41, 5.74) is 0.518. The van der Waals surface area contributed by atoms with Gasteiger partial charge in [0.05, 0.1) is 62.9 Å².